The highest BCUT2D eigenvalue weighted by Crippen LogP contribution is 2.38. The molecule has 20 heavy (non-hydrogen) atoms. The van der Waals surface area contributed by atoms with Crippen LogP contribution in [0.3, 0.4) is 0 Å². The van der Waals surface area contributed by atoms with Gasteiger partial charge in [0.25, 0.3) is 0 Å². The van der Waals surface area contributed by atoms with Gasteiger partial charge in [0.15, 0.2) is 0 Å². The van der Waals surface area contributed by atoms with Crippen molar-refractivity contribution >= 4 is 22.7 Å². The third-order valence-corrected chi connectivity index (χ3v) is 2.49. The van der Waals surface area contributed by atoms with Crippen LogP contribution in [0, 0.1) is 0 Å². The Labute approximate surface area is 112 Å². The Morgan fingerprint density at radius 1 is 0.800 bits per heavy atom. The van der Waals surface area contributed by atoms with Crippen molar-refractivity contribution in [1.29, 1.82) is 0 Å². The summed E-state index contributed by atoms with van der Waals surface area (Å²) in [5.41, 5.74) is 10.6. The molecule has 0 bridgehead atoms. The summed E-state index contributed by atoms with van der Waals surface area (Å²) in [4.78, 5) is 0. The number of azo groups is 1. The highest BCUT2D eigenvalue weighted by Gasteiger charge is 2.33. The van der Waals surface area contributed by atoms with Crippen molar-refractivity contribution in [2.75, 3.05) is 11.5 Å². The summed E-state index contributed by atoms with van der Waals surface area (Å²) in [6.07, 6.45) is -4.54. The molecular weight excluding hydrogens is 269 g/mol. The number of nitrogens with zero attached hydrogens (tertiary/aromatic N) is 2. The maximum Gasteiger partial charge on any atom is 0.418 e. The molecule has 2 aromatic rings. The molecule has 4 N–H and O–H groups in total. The summed E-state index contributed by atoms with van der Waals surface area (Å²) < 4.78 is 38.5. The zero-order chi connectivity index (χ0) is 14.8. The van der Waals surface area contributed by atoms with Gasteiger partial charge in [0.2, 0.25) is 0 Å². The number of halogens is 3. The second-order valence-corrected chi connectivity index (χ2v) is 4.07. The molecule has 0 aliphatic heterocycles. The molecule has 0 spiro atoms. The van der Waals surface area contributed by atoms with Gasteiger partial charge in [-0.3, -0.25) is 0 Å². The largest absolute Gasteiger partial charge is 0.418 e. The summed E-state index contributed by atoms with van der Waals surface area (Å²) in [6, 6.07) is 9.64. The van der Waals surface area contributed by atoms with Crippen molar-refractivity contribution in [3.63, 3.8) is 0 Å². The van der Waals surface area contributed by atoms with E-state index in [4.69, 9.17) is 11.5 Å². The monoisotopic (exact) mass is 280 g/mol. The predicted octanol–water partition coefficient (Wildman–Crippen LogP) is 4.29. The van der Waals surface area contributed by atoms with Gasteiger partial charge in [-0.1, -0.05) is 0 Å². The minimum absolute atomic E-state index is 0.0174. The van der Waals surface area contributed by atoms with E-state index in [0.29, 0.717) is 11.4 Å². The van der Waals surface area contributed by atoms with Crippen LogP contribution in [0.1, 0.15) is 5.56 Å². The average Bonchev–Trinajstić information content (AvgIpc) is 2.38. The van der Waals surface area contributed by atoms with Gasteiger partial charge in [0.05, 0.1) is 16.9 Å². The van der Waals surface area contributed by atoms with Gasteiger partial charge in [-0.15, -0.1) is 5.11 Å². The Kier molecular flexibility index (Phi) is 3.60. The van der Waals surface area contributed by atoms with Crippen molar-refractivity contribution in [3.05, 3.63) is 48.0 Å². The van der Waals surface area contributed by atoms with E-state index < -0.39 is 11.7 Å². The highest BCUT2D eigenvalue weighted by atomic mass is 19.4. The molecule has 0 aromatic heterocycles. The molecule has 0 saturated carbocycles. The highest BCUT2D eigenvalue weighted by molar-refractivity contribution is 5.56. The molecular formula is C13H11F3N4. The van der Waals surface area contributed by atoms with Crippen LogP contribution in [0.5, 0.6) is 0 Å². The molecule has 104 valence electrons. The fourth-order valence-electron chi connectivity index (χ4n) is 1.52. The molecule has 0 radical (unpaired) electrons. The number of nitrogen functional groups attached to an aromatic ring is 2. The lowest BCUT2D eigenvalue weighted by molar-refractivity contribution is -0.137. The first-order valence-corrected chi connectivity index (χ1v) is 5.60. The molecule has 0 amide bonds. The number of benzene rings is 2. The van der Waals surface area contributed by atoms with E-state index in [-0.39, 0.29) is 11.4 Å². The van der Waals surface area contributed by atoms with Gasteiger partial charge in [-0.25, -0.2) is 0 Å². The van der Waals surface area contributed by atoms with Gasteiger partial charge in [-0.05, 0) is 42.5 Å². The smallest absolute Gasteiger partial charge is 0.399 e. The fourth-order valence-corrected chi connectivity index (χ4v) is 1.52. The van der Waals surface area contributed by atoms with Crippen LogP contribution in [-0.4, -0.2) is 0 Å². The second kappa shape index (κ2) is 5.20. The van der Waals surface area contributed by atoms with Crippen LogP contribution in [0.25, 0.3) is 0 Å². The van der Waals surface area contributed by atoms with Gasteiger partial charge in [0.1, 0.15) is 0 Å². The first-order chi connectivity index (χ1) is 9.36. The summed E-state index contributed by atoms with van der Waals surface area (Å²) >= 11 is 0. The Morgan fingerprint density at radius 3 is 2.00 bits per heavy atom. The van der Waals surface area contributed by atoms with E-state index in [1.54, 1.807) is 24.3 Å². The molecule has 7 heteroatoms. The lowest BCUT2D eigenvalue weighted by atomic mass is 10.1. The Morgan fingerprint density at radius 2 is 1.40 bits per heavy atom. The molecule has 0 heterocycles. The predicted molar refractivity (Wildman–Crippen MR) is 70.9 cm³/mol. The zero-order valence-electron chi connectivity index (χ0n) is 10.2. The first-order valence-electron chi connectivity index (χ1n) is 5.60. The molecule has 0 unspecified atom stereocenters. The summed E-state index contributed by atoms with van der Waals surface area (Å²) in [5, 5.41) is 7.37. The Bertz CT molecular complexity index is 633. The first kappa shape index (κ1) is 13.9. The second-order valence-electron chi connectivity index (χ2n) is 4.07. The average molecular weight is 280 g/mol. The Balaban J connectivity index is 2.36. The van der Waals surface area contributed by atoms with Gasteiger partial charge < -0.3 is 11.5 Å². The summed E-state index contributed by atoms with van der Waals surface area (Å²) in [6.45, 7) is 0. The van der Waals surface area contributed by atoms with Gasteiger partial charge in [0, 0.05) is 11.4 Å². The molecule has 0 aliphatic carbocycles. The minimum Gasteiger partial charge on any atom is -0.399 e. The van der Waals surface area contributed by atoms with Crippen LogP contribution in [-0.2, 0) is 6.18 Å². The summed E-state index contributed by atoms with van der Waals surface area (Å²) in [7, 11) is 0. The van der Waals surface area contributed by atoms with E-state index in [2.05, 4.69) is 10.2 Å². The number of nitrogens with two attached hydrogens (primary N) is 2. The number of hydrogen-bond acceptors (Lipinski definition) is 4. The van der Waals surface area contributed by atoms with Crippen LogP contribution in [0.15, 0.2) is 52.7 Å². The minimum atomic E-state index is -4.54. The number of anilines is 2. The Hall–Kier alpha value is -2.57. The molecule has 0 saturated heterocycles. The molecule has 2 rings (SSSR count). The number of hydrogen-bond donors (Lipinski definition) is 2. The van der Waals surface area contributed by atoms with E-state index >= 15 is 0 Å². The SMILES string of the molecule is Nc1ccc(N=Nc2ccc(N)cc2C(F)(F)F)cc1. The third-order valence-electron chi connectivity index (χ3n) is 2.49. The molecule has 2 aromatic carbocycles. The normalized spacial score (nSPS) is 11.9. The zero-order valence-corrected chi connectivity index (χ0v) is 10.2. The van der Waals surface area contributed by atoms with Crippen LogP contribution < -0.4 is 11.5 Å². The van der Waals surface area contributed by atoms with E-state index in [1.807, 2.05) is 0 Å². The van der Waals surface area contributed by atoms with Crippen LogP contribution in [0.4, 0.5) is 35.9 Å². The topological polar surface area (TPSA) is 76.8 Å². The van der Waals surface area contributed by atoms with Crippen molar-refractivity contribution in [3.8, 4) is 0 Å². The standard InChI is InChI=1S/C13H11F3N4/c14-13(15,16)11-7-9(18)3-6-12(11)20-19-10-4-1-8(17)2-5-10/h1-7H,17-18H2. The van der Waals surface area contributed by atoms with Crippen LogP contribution >= 0.6 is 0 Å². The van der Waals surface area contributed by atoms with E-state index in [1.165, 1.54) is 12.1 Å². The maximum atomic E-state index is 12.8. The molecule has 0 aliphatic rings. The van der Waals surface area contributed by atoms with E-state index in [9.17, 15) is 13.2 Å². The maximum absolute atomic E-state index is 12.8. The van der Waals surface area contributed by atoms with Gasteiger partial charge in [-0.2, -0.15) is 18.3 Å². The fraction of sp³-hybridized carbons (Fsp3) is 0.0769. The van der Waals surface area contributed by atoms with Crippen molar-refractivity contribution < 1.29 is 13.2 Å². The number of alkyl halides is 3. The van der Waals surface area contributed by atoms with Crippen molar-refractivity contribution in [1.82, 2.24) is 0 Å². The van der Waals surface area contributed by atoms with Crippen molar-refractivity contribution in [2.45, 2.75) is 6.18 Å². The lowest BCUT2D eigenvalue weighted by Gasteiger charge is -2.09. The third kappa shape index (κ3) is 3.25. The lowest BCUT2D eigenvalue weighted by Crippen LogP contribution is -2.05. The number of rotatable bonds is 2. The molecule has 0 fully saturated rings. The summed E-state index contributed by atoms with van der Waals surface area (Å²) in [5.74, 6) is 0. The van der Waals surface area contributed by atoms with Crippen LogP contribution in [0.2, 0.25) is 0 Å². The molecule has 0 atom stereocenters. The molecule has 4 nitrogen and oxygen atoms in total. The van der Waals surface area contributed by atoms with Gasteiger partial charge >= 0.3 is 6.18 Å². The van der Waals surface area contributed by atoms with E-state index in [0.717, 1.165) is 6.07 Å². The quantitative estimate of drug-likeness (QED) is 0.636. The van der Waals surface area contributed by atoms with Crippen molar-refractivity contribution in [2.24, 2.45) is 10.2 Å².